The molecule has 2 aromatic rings. The number of nitrogens with one attached hydrogen (secondary N) is 1. The van der Waals surface area contributed by atoms with E-state index >= 15 is 0 Å². The third-order valence-electron chi connectivity index (χ3n) is 5.20. The van der Waals surface area contributed by atoms with Gasteiger partial charge in [-0.25, -0.2) is 12.7 Å². The molecule has 1 aliphatic heterocycles. The Labute approximate surface area is 173 Å². The molecule has 1 amide bonds. The van der Waals surface area contributed by atoms with E-state index in [0.29, 0.717) is 13.0 Å². The van der Waals surface area contributed by atoms with Gasteiger partial charge < -0.3 is 10.2 Å². The van der Waals surface area contributed by atoms with E-state index in [9.17, 15) is 13.2 Å². The van der Waals surface area contributed by atoms with Crippen molar-refractivity contribution in [2.45, 2.75) is 37.0 Å². The Balaban J connectivity index is 1.45. The zero-order valence-electron chi connectivity index (χ0n) is 16.9. The van der Waals surface area contributed by atoms with Gasteiger partial charge >= 0.3 is 0 Å². The van der Waals surface area contributed by atoms with Crippen LogP contribution in [-0.2, 0) is 14.8 Å². The maximum absolute atomic E-state index is 12.5. The highest BCUT2D eigenvalue weighted by molar-refractivity contribution is 7.89. The average Bonchev–Trinajstić information content (AvgIpc) is 2.75. The van der Waals surface area contributed by atoms with Gasteiger partial charge in [0, 0.05) is 44.5 Å². The Morgan fingerprint density at radius 1 is 1.00 bits per heavy atom. The first-order valence-corrected chi connectivity index (χ1v) is 11.6. The molecule has 7 heteroatoms. The molecule has 6 nitrogen and oxygen atoms in total. The molecule has 0 aliphatic carbocycles. The quantitative estimate of drug-likeness (QED) is 0.713. The van der Waals surface area contributed by atoms with Crippen LogP contribution in [0.3, 0.4) is 0 Å². The average molecular weight is 416 g/mol. The third kappa shape index (κ3) is 5.81. The van der Waals surface area contributed by atoms with Crippen molar-refractivity contribution in [1.82, 2.24) is 4.31 Å². The highest BCUT2D eigenvalue weighted by Gasteiger charge is 2.20. The zero-order chi connectivity index (χ0) is 20.7. The summed E-state index contributed by atoms with van der Waals surface area (Å²) in [6.07, 6.45) is 4.48. The Morgan fingerprint density at radius 2 is 1.66 bits per heavy atom. The predicted octanol–water partition coefficient (Wildman–Crippen LogP) is 3.72. The third-order valence-corrected chi connectivity index (χ3v) is 7.07. The maximum atomic E-state index is 12.5. The summed E-state index contributed by atoms with van der Waals surface area (Å²) >= 11 is 0. The van der Waals surface area contributed by atoms with Crippen molar-refractivity contribution >= 4 is 27.3 Å². The van der Waals surface area contributed by atoms with E-state index < -0.39 is 10.0 Å². The molecule has 1 aliphatic rings. The summed E-state index contributed by atoms with van der Waals surface area (Å²) in [5.41, 5.74) is 1.96. The van der Waals surface area contributed by atoms with Crippen molar-refractivity contribution in [3.05, 3.63) is 54.6 Å². The summed E-state index contributed by atoms with van der Waals surface area (Å²) in [6.45, 7) is 2.47. The van der Waals surface area contributed by atoms with Gasteiger partial charge in [0.25, 0.3) is 0 Å². The molecule has 1 fully saturated rings. The normalized spacial score (nSPS) is 14.8. The van der Waals surface area contributed by atoms with Crippen molar-refractivity contribution in [3.8, 4) is 0 Å². The van der Waals surface area contributed by atoms with Crippen LogP contribution in [0.4, 0.5) is 11.4 Å². The lowest BCUT2D eigenvalue weighted by atomic mass is 10.1. The van der Waals surface area contributed by atoms with Crippen molar-refractivity contribution in [3.63, 3.8) is 0 Å². The van der Waals surface area contributed by atoms with E-state index in [2.05, 4.69) is 10.2 Å². The number of anilines is 2. The molecular weight excluding hydrogens is 386 g/mol. The lowest BCUT2D eigenvalue weighted by Crippen LogP contribution is -2.29. The molecule has 0 radical (unpaired) electrons. The van der Waals surface area contributed by atoms with Gasteiger partial charge in [-0.2, -0.15) is 0 Å². The van der Waals surface area contributed by atoms with E-state index in [-0.39, 0.29) is 17.2 Å². The fraction of sp³-hybridized carbons (Fsp3) is 0.409. The molecule has 1 heterocycles. The molecule has 0 spiro atoms. The van der Waals surface area contributed by atoms with Gasteiger partial charge in [0.15, 0.2) is 0 Å². The molecule has 0 bridgehead atoms. The predicted molar refractivity (Wildman–Crippen MR) is 117 cm³/mol. The van der Waals surface area contributed by atoms with Gasteiger partial charge in [-0.15, -0.1) is 0 Å². The summed E-state index contributed by atoms with van der Waals surface area (Å²) in [5, 5.41) is 2.89. The summed E-state index contributed by atoms with van der Waals surface area (Å²) in [4.78, 5) is 14.8. The number of sulfonamides is 1. The van der Waals surface area contributed by atoms with E-state index in [0.717, 1.165) is 18.8 Å². The van der Waals surface area contributed by atoms with Crippen molar-refractivity contribution in [2.75, 3.05) is 36.9 Å². The molecule has 0 unspecified atom stereocenters. The lowest BCUT2D eigenvalue weighted by Gasteiger charge is -2.28. The van der Waals surface area contributed by atoms with E-state index in [1.807, 2.05) is 24.3 Å². The monoisotopic (exact) mass is 415 g/mol. The summed E-state index contributed by atoms with van der Waals surface area (Å²) in [6, 6.07) is 16.3. The van der Waals surface area contributed by atoms with Crippen LogP contribution in [0, 0.1) is 0 Å². The molecular formula is C22H29N3O3S. The number of rotatable bonds is 8. The highest BCUT2D eigenvalue weighted by atomic mass is 32.2. The Bertz CT molecular complexity index is 893. The second-order valence-electron chi connectivity index (χ2n) is 7.39. The van der Waals surface area contributed by atoms with Gasteiger partial charge in [0.05, 0.1) is 4.90 Å². The Kier molecular flexibility index (Phi) is 7.28. The number of carbonyl (C=O) groups is 1. The lowest BCUT2D eigenvalue weighted by molar-refractivity contribution is -0.116. The second-order valence-corrected chi connectivity index (χ2v) is 9.43. The van der Waals surface area contributed by atoms with Crippen LogP contribution in [0.2, 0.25) is 0 Å². The Morgan fingerprint density at radius 3 is 2.31 bits per heavy atom. The van der Waals surface area contributed by atoms with Crippen LogP contribution in [0.25, 0.3) is 0 Å². The van der Waals surface area contributed by atoms with E-state index in [1.165, 1.54) is 29.3 Å². The molecule has 156 valence electrons. The highest BCUT2D eigenvalue weighted by Crippen LogP contribution is 2.22. The van der Waals surface area contributed by atoms with Crippen LogP contribution >= 0.6 is 0 Å². The van der Waals surface area contributed by atoms with Crippen LogP contribution in [0.5, 0.6) is 0 Å². The number of hydrogen-bond donors (Lipinski definition) is 1. The van der Waals surface area contributed by atoms with Crippen LogP contribution in [0.1, 0.15) is 32.1 Å². The number of hydrogen-bond acceptors (Lipinski definition) is 4. The molecule has 1 N–H and O–H groups in total. The molecule has 2 aromatic carbocycles. The molecule has 0 saturated carbocycles. The molecule has 29 heavy (non-hydrogen) atoms. The fourth-order valence-corrected chi connectivity index (χ4v) is 4.72. The van der Waals surface area contributed by atoms with Gasteiger partial charge in [-0.1, -0.05) is 18.2 Å². The molecule has 0 aromatic heterocycles. The topological polar surface area (TPSA) is 69.7 Å². The number of amides is 1. The standard InChI is InChI=1S/C22H29N3O3S/c1-24(29(27,28)21-9-4-2-5-10-21)16-8-11-22(26)23-19-12-14-20(15-13-19)25-17-6-3-7-18-25/h2,4-5,9-10,12-15H,3,6-8,11,16-18H2,1H3,(H,23,26). The van der Waals surface area contributed by atoms with Gasteiger partial charge in [0.1, 0.15) is 0 Å². The van der Waals surface area contributed by atoms with Gasteiger partial charge in [0.2, 0.25) is 15.9 Å². The summed E-state index contributed by atoms with van der Waals surface area (Å²) < 4.78 is 26.3. The van der Waals surface area contributed by atoms with Gasteiger partial charge in [-0.3, -0.25) is 4.79 Å². The van der Waals surface area contributed by atoms with Crippen molar-refractivity contribution in [2.24, 2.45) is 0 Å². The number of benzene rings is 2. The molecule has 3 rings (SSSR count). The minimum Gasteiger partial charge on any atom is -0.372 e. The first kappa shape index (κ1) is 21.3. The smallest absolute Gasteiger partial charge is 0.242 e. The fourth-order valence-electron chi connectivity index (χ4n) is 3.49. The van der Waals surface area contributed by atoms with Gasteiger partial charge in [-0.05, 0) is 62.1 Å². The molecule has 1 saturated heterocycles. The van der Waals surface area contributed by atoms with Crippen molar-refractivity contribution in [1.29, 1.82) is 0 Å². The number of nitrogens with zero attached hydrogens (tertiary/aromatic N) is 2. The molecule has 0 atom stereocenters. The van der Waals surface area contributed by atoms with Crippen LogP contribution < -0.4 is 10.2 Å². The minimum atomic E-state index is -3.51. The van der Waals surface area contributed by atoms with Crippen LogP contribution in [-0.4, -0.2) is 45.3 Å². The first-order valence-electron chi connectivity index (χ1n) is 10.1. The SMILES string of the molecule is CN(CCCC(=O)Nc1ccc(N2CCCCC2)cc1)S(=O)(=O)c1ccccc1. The largest absolute Gasteiger partial charge is 0.372 e. The summed E-state index contributed by atoms with van der Waals surface area (Å²) in [7, 11) is -1.97. The maximum Gasteiger partial charge on any atom is 0.242 e. The zero-order valence-corrected chi connectivity index (χ0v) is 17.7. The minimum absolute atomic E-state index is 0.110. The Hall–Kier alpha value is -2.38. The van der Waals surface area contributed by atoms with E-state index in [1.54, 1.807) is 37.4 Å². The van der Waals surface area contributed by atoms with E-state index in [4.69, 9.17) is 0 Å². The van der Waals surface area contributed by atoms with Crippen LogP contribution in [0.15, 0.2) is 59.5 Å². The van der Waals surface area contributed by atoms with Crippen molar-refractivity contribution < 1.29 is 13.2 Å². The number of piperidine rings is 1. The summed E-state index contributed by atoms with van der Waals surface area (Å²) in [5.74, 6) is -0.110. The number of carbonyl (C=O) groups excluding carboxylic acids is 1. The first-order chi connectivity index (χ1) is 14.0. The second kappa shape index (κ2) is 9.89.